The Balaban J connectivity index is 2.18. The molecule has 0 spiro atoms. The Morgan fingerprint density at radius 2 is 2.40 bits per heavy atom. The van der Waals surface area contributed by atoms with Crippen LogP contribution < -0.4 is 5.32 Å². The fraction of sp³-hybridized carbons (Fsp3) is 0.900. The van der Waals surface area contributed by atoms with Crippen LogP contribution in [-0.4, -0.2) is 42.0 Å². The minimum Gasteiger partial charge on any atom is -0.468 e. The standard InChI is InChI=1S/C10H18BrNO2S/c1-14-10(13)9(11)6-12-7-3-4-8(5-7)15-2/h7-9,12H,3-6H2,1-2H3. The van der Waals surface area contributed by atoms with Gasteiger partial charge in [0.05, 0.1) is 7.11 Å². The van der Waals surface area contributed by atoms with Gasteiger partial charge in [0.1, 0.15) is 4.83 Å². The lowest BCUT2D eigenvalue weighted by molar-refractivity contribution is -0.139. The topological polar surface area (TPSA) is 38.3 Å². The Morgan fingerprint density at radius 1 is 1.67 bits per heavy atom. The van der Waals surface area contributed by atoms with E-state index in [1.54, 1.807) is 0 Å². The van der Waals surface area contributed by atoms with Gasteiger partial charge in [-0.1, -0.05) is 15.9 Å². The predicted octanol–water partition coefficient (Wildman–Crippen LogP) is 1.80. The first-order valence-electron chi connectivity index (χ1n) is 5.15. The minimum atomic E-state index is -0.226. The molecule has 0 amide bonds. The third kappa shape index (κ3) is 4.33. The molecule has 88 valence electrons. The van der Waals surface area contributed by atoms with Crippen molar-refractivity contribution in [1.82, 2.24) is 5.32 Å². The highest BCUT2D eigenvalue weighted by Crippen LogP contribution is 2.28. The quantitative estimate of drug-likeness (QED) is 0.620. The fourth-order valence-electron chi connectivity index (χ4n) is 1.82. The van der Waals surface area contributed by atoms with Gasteiger partial charge in [-0.15, -0.1) is 0 Å². The first-order chi connectivity index (χ1) is 7.17. The van der Waals surface area contributed by atoms with Crippen LogP contribution in [0, 0.1) is 0 Å². The number of hydrogen-bond donors (Lipinski definition) is 1. The van der Waals surface area contributed by atoms with E-state index in [-0.39, 0.29) is 10.8 Å². The lowest BCUT2D eigenvalue weighted by Gasteiger charge is -2.14. The maximum absolute atomic E-state index is 11.1. The summed E-state index contributed by atoms with van der Waals surface area (Å²) in [5.41, 5.74) is 0. The van der Waals surface area contributed by atoms with Crippen LogP contribution in [-0.2, 0) is 9.53 Å². The third-order valence-electron chi connectivity index (χ3n) is 2.76. The monoisotopic (exact) mass is 295 g/mol. The number of thioether (sulfide) groups is 1. The van der Waals surface area contributed by atoms with Gasteiger partial charge in [-0.05, 0) is 25.5 Å². The highest BCUT2D eigenvalue weighted by atomic mass is 79.9. The van der Waals surface area contributed by atoms with Crippen molar-refractivity contribution in [3.63, 3.8) is 0 Å². The van der Waals surface area contributed by atoms with E-state index in [1.807, 2.05) is 11.8 Å². The number of carbonyl (C=O) groups is 1. The van der Waals surface area contributed by atoms with Gasteiger partial charge < -0.3 is 10.1 Å². The molecule has 1 N–H and O–H groups in total. The second kappa shape index (κ2) is 6.76. The Kier molecular flexibility index (Phi) is 6.00. The molecule has 1 aliphatic rings. The number of halogens is 1. The molecule has 0 aromatic heterocycles. The molecule has 3 atom stereocenters. The molecule has 0 aromatic rings. The summed E-state index contributed by atoms with van der Waals surface area (Å²) in [5, 5.41) is 4.19. The van der Waals surface area contributed by atoms with E-state index in [2.05, 4.69) is 32.2 Å². The molecule has 0 heterocycles. The number of alkyl halides is 1. The molecule has 15 heavy (non-hydrogen) atoms. The highest BCUT2D eigenvalue weighted by Gasteiger charge is 2.25. The average molecular weight is 296 g/mol. The van der Waals surface area contributed by atoms with Crippen LogP contribution in [0.2, 0.25) is 0 Å². The summed E-state index contributed by atoms with van der Waals surface area (Å²) in [6.07, 6.45) is 5.87. The van der Waals surface area contributed by atoms with Crippen LogP contribution in [0.1, 0.15) is 19.3 Å². The molecule has 1 saturated carbocycles. The third-order valence-corrected chi connectivity index (χ3v) is 4.55. The number of rotatable bonds is 5. The summed E-state index contributed by atoms with van der Waals surface area (Å²) in [6, 6.07) is 0.562. The SMILES string of the molecule is COC(=O)C(Br)CNC1CCC(SC)C1. The molecule has 3 nitrogen and oxygen atoms in total. The van der Waals surface area contributed by atoms with Crippen molar-refractivity contribution in [3.8, 4) is 0 Å². The molecule has 1 fully saturated rings. The van der Waals surface area contributed by atoms with Crippen molar-refractivity contribution in [3.05, 3.63) is 0 Å². The van der Waals surface area contributed by atoms with Gasteiger partial charge in [0, 0.05) is 17.8 Å². The lowest BCUT2D eigenvalue weighted by Crippen LogP contribution is -2.35. The Hall–Kier alpha value is 0.260. The summed E-state index contributed by atoms with van der Waals surface area (Å²) in [6.45, 7) is 0.651. The number of carbonyl (C=O) groups excluding carboxylic acids is 1. The summed E-state index contributed by atoms with van der Waals surface area (Å²) >= 11 is 5.24. The highest BCUT2D eigenvalue weighted by molar-refractivity contribution is 9.10. The molecule has 3 unspecified atom stereocenters. The van der Waals surface area contributed by atoms with Gasteiger partial charge in [0.2, 0.25) is 0 Å². The van der Waals surface area contributed by atoms with E-state index in [1.165, 1.54) is 26.4 Å². The Bertz CT molecular complexity index is 216. The zero-order valence-corrected chi connectivity index (χ0v) is 11.6. The van der Waals surface area contributed by atoms with Crippen LogP contribution in [0.3, 0.4) is 0 Å². The molecule has 0 aliphatic heterocycles. The molecule has 1 rings (SSSR count). The predicted molar refractivity (Wildman–Crippen MR) is 67.7 cm³/mol. The van der Waals surface area contributed by atoms with Crippen LogP contribution >= 0.6 is 27.7 Å². The minimum absolute atomic E-state index is 0.207. The molecular weight excluding hydrogens is 278 g/mol. The largest absolute Gasteiger partial charge is 0.468 e. The number of methoxy groups -OCH3 is 1. The van der Waals surface area contributed by atoms with E-state index in [0.29, 0.717) is 12.6 Å². The number of esters is 1. The van der Waals surface area contributed by atoms with Crippen molar-refractivity contribution in [2.45, 2.75) is 35.4 Å². The van der Waals surface area contributed by atoms with E-state index in [0.717, 1.165) is 5.25 Å². The molecule has 5 heteroatoms. The zero-order valence-electron chi connectivity index (χ0n) is 9.16. The molecular formula is C10H18BrNO2S. The normalized spacial score (nSPS) is 27.7. The van der Waals surface area contributed by atoms with Crippen LogP contribution in [0.5, 0.6) is 0 Å². The smallest absolute Gasteiger partial charge is 0.320 e. The second-order valence-corrected chi connectivity index (χ2v) is 6.01. The van der Waals surface area contributed by atoms with Gasteiger partial charge in [-0.25, -0.2) is 0 Å². The number of hydrogen-bond acceptors (Lipinski definition) is 4. The Morgan fingerprint density at radius 3 is 2.93 bits per heavy atom. The van der Waals surface area contributed by atoms with E-state index < -0.39 is 0 Å². The summed E-state index contributed by atoms with van der Waals surface area (Å²) in [4.78, 5) is 10.9. The number of ether oxygens (including phenoxy) is 1. The Labute approximate surface area is 104 Å². The van der Waals surface area contributed by atoms with Gasteiger partial charge >= 0.3 is 5.97 Å². The summed E-state index contributed by atoms with van der Waals surface area (Å²) in [7, 11) is 1.41. The van der Waals surface area contributed by atoms with Crippen LogP contribution in [0.25, 0.3) is 0 Å². The maximum atomic E-state index is 11.1. The van der Waals surface area contributed by atoms with Gasteiger partial charge in [0.15, 0.2) is 0 Å². The molecule has 0 bridgehead atoms. The number of nitrogens with one attached hydrogen (secondary N) is 1. The lowest BCUT2D eigenvalue weighted by atomic mass is 10.2. The van der Waals surface area contributed by atoms with Gasteiger partial charge in [0.25, 0.3) is 0 Å². The van der Waals surface area contributed by atoms with Crippen molar-refractivity contribution in [1.29, 1.82) is 0 Å². The van der Waals surface area contributed by atoms with Gasteiger partial charge in [-0.3, -0.25) is 4.79 Å². The van der Waals surface area contributed by atoms with Gasteiger partial charge in [-0.2, -0.15) is 11.8 Å². The van der Waals surface area contributed by atoms with E-state index in [9.17, 15) is 4.79 Å². The maximum Gasteiger partial charge on any atom is 0.320 e. The first-order valence-corrected chi connectivity index (χ1v) is 7.35. The van der Waals surface area contributed by atoms with E-state index >= 15 is 0 Å². The van der Waals surface area contributed by atoms with E-state index in [4.69, 9.17) is 0 Å². The second-order valence-electron chi connectivity index (χ2n) is 3.77. The molecule has 0 radical (unpaired) electrons. The molecule has 1 aliphatic carbocycles. The zero-order chi connectivity index (χ0) is 11.3. The molecule has 0 saturated heterocycles. The average Bonchev–Trinajstić information content (AvgIpc) is 2.72. The van der Waals surface area contributed by atoms with Crippen LogP contribution in [0.15, 0.2) is 0 Å². The van der Waals surface area contributed by atoms with Crippen molar-refractivity contribution < 1.29 is 9.53 Å². The van der Waals surface area contributed by atoms with Crippen LogP contribution in [0.4, 0.5) is 0 Å². The molecule has 0 aromatic carbocycles. The fourth-order valence-corrected chi connectivity index (χ4v) is 2.99. The summed E-state index contributed by atoms with van der Waals surface area (Å²) < 4.78 is 4.64. The van der Waals surface area contributed by atoms with Crippen molar-refractivity contribution in [2.24, 2.45) is 0 Å². The van der Waals surface area contributed by atoms with Crippen molar-refractivity contribution in [2.75, 3.05) is 19.9 Å². The first kappa shape index (κ1) is 13.3. The summed E-state index contributed by atoms with van der Waals surface area (Å²) in [5.74, 6) is -0.207. The van der Waals surface area contributed by atoms with Crippen molar-refractivity contribution >= 4 is 33.7 Å².